The van der Waals surface area contributed by atoms with Crippen molar-refractivity contribution in [1.29, 1.82) is 0 Å². The molecule has 2 rings (SSSR count). The topological polar surface area (TPSA) is 97.3 Å². The second kappa shape index (κ2) is 5.83. The SMILES string of the molecule is CCC1CCN(c2nc(NN)ccc2[N+](=O)[O-])CC1. The first-order chi connectivity index (χ1) is 9.15. The van der Waals surface area contributed by atoms with Gasteiger partial charge in [-0.2, -0.15) is 0 Å². The molecule has 1 aromatic rings. The minimum absolute atomic E-state index is 0.0361. The Labute approximate surface area is 111 Å². The maximum Gasteiger partial charge on any atom is 0.311 e. The number of hydrogen-bond donors (Lipinski definition) is 2. The Hall–Kier alpha value is -1.89. The number of piperidine rings is 1. The van der Waals surface area contributed by atoms with Gasteiger partial charge in [0.15, 0.2) is 0 Å². The zero-order chi connectivity index (χ0) is 13.8. The molecule has 7 heteroatoms. The molecule has 0 aliphatic carbocycles. The lowest BCUT2D eigenvalue weighted by atomic mass is 9.94. The molecule has 0 aromatic carbocycles. The number of nitrogen functional groups attached to an aromatic ring is 1. The molecule has 0 amide bonds. The molecule has 1 saturated heterocycles. The lowest BCUT2D eigenvalue weighted by molar-refractivity contribution is -0.384. The van der Waals surface area contributed by atoms with E-state index in [1.54, 1.807) is 0 Å². The highest BCUT2D eigenvalue weighted by Gasteiger charge is 2.25. The fraction of sp³-hybridized carbons (Fsp3) is 0.583. The van der Waals surface area contributed by atoms with E-state index in [4.69, 9.17) is 5.84 Å². The van der Waals surface area contributed by atoms with Crippen LogP contribution < -0.4 is 16.2 Å². The molecule has 0 atom stereocenters. The van der Waals surface area contributed by atoms with Crippen LogP contribution in [0.4, 0.5) is 17.3 Å². The Morgan fingerprint density at radius 2 is 2.21 bits per heavy atom. The van der Waals surface area contributed by atoms with Gasteiger partial charge in [0.2, 0.25) is 5.82 Å². The van der Waals surface area contributed by atoms with Gasteiger partial charge in [0.05, 0.1) is 4.92 Å². The largest absolute Gasteiger partial charge is 0.351 e. The van der Waals surface area contributed by atoms with Gasteiger partial charge in [-0.3, -0.25) is 10.1 Å². The van der Waals surface area contributed by atoms with Gasteiger partial charge < -0.3 is 10.3 Å². The summed E-state index contributed by atoms with van der Waals surface area (Å²) in [6, 6.07) is 2.96. The average molecular weight is 265 g/mol. The van der Waals surface area contributed by atoms with E-state index in [1.165, 1.54) is 12.1 Å². The highest BCUT2D eigenvalue weighted by atomic mass is 16.6. The van der Waals surface area contributed by atoms with E-state index in [1.807, 2.05) is 4.90 Å². The highest BCUT2D eigenvalue weighted by molar-refractivity contribution is 5.61. The summed E-state index contributed by atoms with van der Waals surface area (Å²) in [5.74, 6) is 6.89. The fourth-order valence-electron chi connectivity index (χ4n) is 2.45. The van der Waals surface area contributed by atoms with Crippen LogP contribution in [0, 0.1) is 16.0 Å². The molecule has 0 spiro atoms. The Bertz CT molecular complexity index is 457. The van der Waals surface area contributed by atoms with Gasteiger partial charge in [-0.25, -0.2) is 10.8 Å². The Morgan fingerprint density at radius 1 is 1.53 bits per heavy atom. The normalized spacial score (nSPS) is 16.4. The highest BCUT2D eigenvalue weighted by Crippen LogP contribution is 2.31. The fourth-order valence-corrected chi connectivity index (χ4v) is 2.45. The number of hydrogen-bond acceptors (Lipinski definition) is 6. The van der Waals surface area contributed by atoms with Gasteiger partial charge in [0.25, 0.3) is 0 Å². The van der Waals surface area contributed by atoms with E-state index in [0.29, 0.717) is 17.6 Å². The monoisotopic (exact) mass is 265 g/mol. The summed E-state index contributed by atoms with van der Waals surface area (Å²) in [5.41, 5.74) is 2.47. The van der Waals surface area contributed by atoms with Crippen molar-refractivity contribution in [2.45, 2.75) is 26.2 Å². The van der Waals surface area contributed by atoms with Crippen molar-refractivity contribution in [1.82, 2.24) is 4.98 Å². The molecule has 1 aliphatic heterocycles. The second-order valence-corrected chi connectivity index (χ2v) is 4.78. The zero-order valence-electron chi connectivity index (χ0n) is 11.0. The minimum Gasteiger partial charge on any atom is -0.351 e. The van der Waals surface area contributed by atoms with Crippen LogP contribution in [0.15, 0.2) is 12.1 Å². The summed E-state index contributed by atoms with van der Waals surface area (Å²) in [6.07, 6.45) is 3.26. The molecule has 104 valence electrons. The first-order valence-corrected chi connectivity index (χ1v) is 6.52. The van der Waals surface area contributed by atoms with Crippen molar-refractivity contribution in [3.8, 4) is 0 Å². The predicted molar refractivity (Wildman–Crippen MR) is 73.9 cm³/mol. The minimum atomic E-state index is -0.394. The molecule has 1 aliphatic rings. The molecular weight excluding hydrogens is 246 g/mol. The van der Waals surface area contributed by atoms with Crippen LogP contribution >= 0.6 is 0 Å². The molecule has 0 radical (unpaired) electrons. The number of rotatable bonds is 4. The number of aromatic nitrogens is 1. The molecule has 1 fully saturated rings. The molecule has 0 saturated carbocycles. The number of nitrogens with zero attached hydrogens (tertiary/aromatic N) is 3. The van der Waals surface area contributed by atoms with Crippen molar-refractivity contribution in [3.05, 3.63) is 22.2 Å². The summed E-state index contributed by atoms with van der Waals surface area (Å²) in [5, 5.41) is 11.1. The quantitative estimate of drug-likeness (QED) is 0.490. The van der Waals surface area contributed by atoms with Crippen LogP contribution in [0.2, 0.25) is 0 Å². The van der Waals surface area contributed by atoms with Gasteiger partial charge >= 0.3 is 5.69 Å². The zero-order valence-corrected chi connectivity index (χ0v) is 11.0. The maximum absolute atomic E-state index is 11.1. The average Bonchev–Trinajstić information content (AvgIpc) is 2.46. The number of nitro groups is 1. The van der Waals surface area contributed by atoms with Gasteiger partial charge in [0.1, 0.15) is 5.82 Å². The van der Waals surface area contributed by atoms with Gasteiger partial charge in [0, 0.05) is 19.2 Å². The van der Waals surface area contributed by atoms with E-state index < -0.39 is 4.92 Å². The number of nitrogens with two attached hydrogens (primary N) is 1. The second-order valence-electron chi connectivity index (χ2n) is 4.78. The van der Waals surface area contributed by atoms with Crippen LogP contribution in [-0.2, 0) is 0 Å². The molecule has 7 nitrogen and oxygen atoms in total. The molecule has 3 N–H and O–H groups in total. The Kier molecular flexibility index (Phi) is 4.16. The first kappa shape index (κ1) is 13.5. The number of anilines is 2. The van der Waals surface area contributed by atoms with Crippen molar-refractivity contribution in [2.24, 2.45) is 11.8 Å². The summed E-state index contributed by atoms with van der Waals surface area (Å²) in [7, 11) is 0. The molecule has 0 bridgehead atoms. The first-order valence-electron chi connectivity index (χ1n) is 6.52. The Balaban J connectivity index is 2.24. The lowest BCUT2D eigenvalue weighted by Gasteiger charge is -2.32. The third kappa shape index (κ3) is 2.93. The molecule has 19 heavy (non-hydrogen) atoms. The smallest absolute Gasteiger partial charge is 0.311 e. The summed E-state index contributed by atoms with van der Waals surface area (Å²) < 4.78 is 0. The summed E-state index contributed by atoms with van der Waals surface area (Å²) in [6.45, 7) is 3.79. The standard InChI is InChI=1S/C12H19N5O2/c1-2-9-5-7-16(8-6-9)12-10(17(18)19)3-4-11(14-12)15-13/h3-4,9H,2,5-8,13H2,1H3,(H,14,15). The van der Waals surface area contributed by atoms with Crippen LogP contribution in [-0.4, -0.2) is 23.0 Å². The van der Waals surface area contributed by atoms with E-state index in [9.17, 15) is 10.1 Å². The summed E-state index contributed by atoms with van der Waals surface area (Å²) >= 11 is 0. The number of nitrogens with one attached hydrogen (secondary N) is 1. The van der Waals surface area contributed by atoms with Gasteiger partial charge in [-0.15, -0.1) is 0 Å². The van der Waals surface area contributed by atoms with Crippen molar-refractivity contribution in [2.75, 3.05) is 23.4 Å². The number of pyridine rings is 1. The number of hydrazine groups is 1. The predicted octanol–water partition coefficient (Wildman–Crippen LogP) is 1.90. The van der Waals surface area contributed by atoms with Crippen molar-refractivity contribution >= 4 is 17.3 Å². The van der Waals surface area contributed by atoms with Crippen LogP contribution in [0.3, 0.4) is 0 Å². The van der Waals surface area contributed by atoms with E-state index in [-0.39, 0.29) is 5.69 Å². The lowest BCUT2D eigenvalue weighted by Crippen LogP contribution is -2.34. The van der Waals surface area contributed by atoms with Crippen LogP contribution in [0.25, 0.3) is 0 Å². The van der Waals surface area contributed by atoms with Crippen molar-refractivity contribution < 1.29 is 4.92 Å². The third-order valence-electron chi connectivity index (χ3n) is 3.69. The van der Waals surface area contributed by atoms with Crippen LogP contribution in [0.5, 0.6) is 0 Å². The van der Waals surface area contributed by atoms with Crippen molar-refractivity contribution in [3.63, 3.8) is 0 Å². The van der Waals surface area contributed by atoms with E-state index in [0.717, 1.165) is 32.4 Å². The molecule has 1 aromatic heterocycles. The molecule has 0 unspecified atom stereocenters. The van der Waals surface area contributed by atoms with E-state index >= 15 is 0 Å². The maximum atomic E-state index is 11.1. The summed E-state index contributed by atoms with van der Waals surface area (Å²) in [4.78, 5) is 16.9. The van der Waals surface area contributed by atoms with E-state index in [2.05, 4.69) is 17.3 Å². The molecular formula is C12H19N5O2. The van der Waals surface area contributed by atoms with Gasteiger partial charge in [-0.1, -0.05) is 13.3 Å². The Morgan fingerprint density at radius 3 is 2.74 bits per heavy atom. The molecule has 2 heterocycles. The van der Waals surface area contributed by atoms with Crippen LogP contribution in [0.1, 0.15) is 26.2 Å². The van der Waals surface area contributed by atoms with Gasteiger partial charge in [-0.05, 0) is 24.8 Å². The third-order valence-corrected chi connectivity index (χ3v) is 3.69.